The molecule has 3 aromatic rings. The number of nitrogens with zero attached hydrogens (tertiary/aromatic N) is 5. The summed E-state index contributed by atoms with van der Waals surface area (Å²) in [4.78, 5) is 13.6. The van der Waals surface area contributed by atoms with Crippen molar-refractivity contribution in [2.75, 3.05) is 39.1 Å². The van der Waals surface area contributed by atoms with E-state index in [0.717, 1.165) is 24.2 Å². The van der Waals surface area contributed by atoms with Crippen molar-refractivity contribution in [1.82, 2.24) is 20.0 Å². The van der Waals surface area contributed by atoms with Gasteiger partial charge in [0.1, 0.15) is 0 Å². The fourth-order valence-electron chi connectivity index (χ4n) is 3.87. The van der Waals surface area contributed by atoms with Crippen LogP contribution in [0, 0.1) is 6.92 Å². The Morgan fingerprint density at radius 3 is 2.55 bits per heavy atom. The van der Waals surface area contributed by atoms with Gasteiger partial charge in [-0.05, 0) is 45.5 Å². The van der Waals surface area contributed by atoms with Gasteiger partial charge >= 0.3 is 0 Å². The van der Waals surface area contributed by atoms with Crippen LogP contribution < -0.4 is 4.90 Å². The Hall–Kier alpha value is -2.78. The lowest BCUT2D eigenvalue weighted by atomic mass is 10.1. The number of aromatic nitrogens is 3. The van der Waals surface area contributed by atoms with Crippen molar-refractivity contribution in [3.8, 4) is 22.7 Å². The fourth-order valence-corrected chi connectivity index (χ4v) is 5.70. The average molecular weight is 442 g/mol. The summed E-state index contributed by atoms with van der Waals surface area (Å²) in [6, 6.07) is 8.72. The molecule has 31 heavy (non-hydrogen) atoms. The van der Waals surface area contributed by atoms with Crippen LogP contribution >= 0.6 is 0 Å². The van der Waals surface area contributed by atoms with Crippen molar-refractivity contribution < 1.29 is 12.9 Å². The molecule has 1 saturated heterocycles. The van der Waals surface area contributed by atoms with E-state index in [1.54, 1.807) is 30.5 Å². The molecule has 4 rings (SSSR count). The number of anilines is 1. The summed E-state index contributed by atoms with van der Waals surface area (Å²) in [6.45, 7) is 3.37. The van der Waals surface area contributed by atoms with Gasteiger partial charge in [-0.1, -0.05) is 17.3 Å². The van der Waals surface area contributed by atoms with Crippen molar-refractivity contribution in [3.05, 3.63) is 42.2 Å². The smallest absolute Gasteiger partial charge is 0.189 e. The Bertz CT molecular complexity index is 1170. The summed E-state index contributed by atoms with van der Waals surface area (Å²) in [5.74, 6) is 1.21. The van der Waals surface area contributed by atoms with Gasteiger partial charge in [0.15, 0.2) is 27.1 Å². The van der Waals surface area contributed by atoms with Gasteiger partial charge in [-0.2, -0.15) is 0 Å². The average Bonchev–Trinajstić information content (AvgIpc) is 3.19. The molecule has 0 N–H and O–H groups in total. The van der Waals surface area contributed by atoms with Crippen LogP contribution in [0.15, 0.2) is 45.9 Å². The van der Waals surface area contributed by atoms with Gasteiger partial charge in [0.05, 0.1) is 27.7 Å². The molecule has 2 aromatic heterocycles. The molecule has 3 heterocycles. The van der Waals surface area contributed by atoms with E-state index in [1.165, 1.54) is 0 Å². The maximum atomic E-state index is 13.1. The van der Waals surface area contributed by atoms with E-state index in [-0.39, 0.29) is 5.25 Å². The molecule has 8 nitrogen and oxygen atoms in total. The van der Waals surface area contributed by atoms with Crippen LogP contribution in [-0.4, -0.2) is 67.9 Å². The molecule has 0 saturated carbocycles. The van der Waals surface area contributed by atoms with Crippen LogP contribution in [0.25, 0.3) is 22.7 Å². The molecule has 1 fully saturated rings. The minimum atomic E-state index is -3.37. The number of aryl methyl sites for hydroxylation is 1. The first-order valence-electron chi connectivity index (χ1n) is 10.3. The minimum absolute atomic E-state index is 0.348. The van der Waals surface area contributed by atoms with Crippen molar-refractivity contribution >= 4 is 15.7 Å². The van der Waals surface area contributed by atoms with E-state index in [4.69, 9.17) is 9.51 Å². The third kappa shape index (κ3) is 4.33. The number of rotatable bonds is 5. The molecular formula is C22H27N5O3S. The zero-order valence-corrected chi connectivity index (χ0v) is 19.1. The first-order valence-corrected chi connectivity index (χ1v) is 11.8. The molecule has 0 amide bonds. The van der Waals surface area contributed by atoms with Crippen molar-refractivity contribution in [3.63, 3.8) is 0 Å². The molecule has 1 aromatic carbocycles. The normalized spacial score (nSPS) is 17.6. The maximum absolute atomic E-state index is 13.1. The number of benzene rings is 1. The highest BCUT2D eigenvalue weighted by Crippen LogP contribution is 2.30. The predicted molar refractivity (Wildman–Crippen MR) is 120 cm³/mol. The highest BCUT2D eigenvalue weighted by molar-refractivity contribution is 7.92. The summed E-state index contributed by atoms with van der Waals surface area (Å²) < 4.78 is 31.5. The first-order chi connectivity index (χ1) is 14.8. The second-order valence-electron chi connectivity index (χ2n) is 8.25. The molecule has 9 heteroatoms. The van der Waals surface area contributed by atoms with Crippen LogP contribution in [0.1, 0.15) is 18.5 Å². The molecule has 1 unspecified atom stereocenters. The Kier molecular flexibility index (Phi) is 5.81. The van der Waals surface area contributed by atoms with Crippen LogP contribution in [0.4, 0.5) is 5.82 Å². The van der Waals surface area contributed by atoms with Gasteiger partial charge in [0.25, 0.3) is 0 Å². The molecule has 0 aliphatic carbocycles. The number of hydrogen-bond acceptors (Lipinski definition) is 8. The summed E-state index contributed by atoms with van der Waals surface area (Å²) in [5.41, 5.74) is 2.77. The molecule has 1 atom stereocenters. The lowest BCUT2D eigenvalue weighted by Gasteiger charge is -2.29. The van der Waals surface area contributed by atoms with Gasteiger partial charge in [-0.25, -0.2) is 18.4 Å². The van der Waals surface area contributed by atoms with Gasteiger partial charge in [0, 0.05) is 32.3 Å². The number of hydrogen-bond donors (Lipinski definition) is 0. The predicted octanol–water partition coefficient (Wildman–Crippen LogP) is 3.04. The van der Waals surface area contributed by atoms with E-state index in [2.05, 4.69) is 15.0 Å². The van der Waals surface area contributed by atoms with Crippen molar-refractivity contribution in [1.29, 1.82) is 0 Å². The second-order valence-corrected chi connectivity index (χ2v) is 10.5. The van der Waals surface area contributed by atoms with Crippen LogP contribution in [0.3, 0.4) is 0 Å². The monoisotopic (exact) mass is 441 g/mol. The zero-order chi connectivity index (χ0) is 22.2. The lowest BCUT2D eigenvalue weighted by Crippen LogP contribution is -2.40. The third-order valence-corrected chi connectivity index (χ3v) is 7.73. The maximum Gasteiger partial charge on any atom is 0.189 e. The van der Waals surface area contributed by atoms with Gasteiger partial charge < -0.3 is 14.3 Å². The first kappa shape index (κ1) is 21.5. The molecule has 0 spiro atoms. The highest BCUT2D eigenvalue weighted by Gasteiger charge is 2.30. The SMILES string of the molecule is Cc1cc(-c2nc(-c3ccc(S(=O)(=O)C4CCCN(C)C4)cc3)cnc2N(C)C)on1. The molecule has 1 aliphatic heterocycles. The summed E-state index contributed by atoms with van der Waals surface area (Å²) >= 11 is 0. The molecule has 1 aliphatic rings. The quantitative estimate of drug-likeness (QED) is 0.597. The third-order valence-electron chi connectivity index (χ3n) is 5.54. The topological polar surface area (TPSA) is 92.4 Å². The molecule has 0 radical (unpaired) electrons. The summed E-state index contributed by atoms with van der Waals surface area (Å²) in [6.07, 6.45) is 3.28. The van der Waals surface area contributed by atoms with Gasteiger partial charge in [-0.3, -0.25) is 0 Å². The number of sulfone groups is 1. The minimum Gasteiger partial charge on any atom is -0.361 e. The fraction of sp³-hybridized carbons (Fsp3) is 0.409. The summed E-state index contributed by atoms with van der Waals surface area (Å²) in [5, 5.41) is 3.59. The standard InChI is InChI=1S/C22H27N5O3S/c1-15-12-20(30-25-15)21-22(26(2)3)23-13-19(24-21)16-7-9-17(10-8-16)31(28,29)18-6-5-11-27(4)14-18/h7-10,12-13,18H,5-6,11,14H2,1-4H3. The van der Waals surface area contributed by atoms with E-state index in [1.807, 2.05) is 39.0 Å². The van der Waals surface area contributed by atoms with Crippen molar-refractivity contribution in [2.45, 2.75) is 29.9 Å². The van der Waals surface area contributed by atoms with E-state index >= 15 is 0 Å². The molecule has 0 bridgehead atoms. The van der Waals surface area contributed by atoms with Crippen LogP contribution in [0.2, 0.25) is 0 Å². The highest BCUT2D eigenvalue weighted by atomic mass is 32.2. The Balaban J connectivity index is 1.66. The second kappa shape index (κ2) is 8.39. The van der Waals surface area contributed by atoms with E-state index in [9.17, 15) is 8.42 Å². The zero-order valence-electron chi connectivity index (χ0n) is 18.2. The van der Waals surface area contributed by atoms with Gasteiger partial charge in [0.2, 0.25) is 0 Å². The number of likely N-dealkylation sites (tertiary alicyclic amines) is 1. The van der Waals surface area contributed by atoms with E-state index < -0.39 is 9.84 Å². The van der Waals surface area contributed by atoms with Gasteiger partial charge in [-0.15, -0.1) is 0 Å². The van der Waals surface area contributed by atoms with Crippen LogP contribution in [-0.2, 0) is 9.84 Å². The Morgan fingerprint density at radius 2 is 1.94 bits per heavy atom. The lowest BCUT2D eigenvalue weighted by molar-refractivity contribution is 0.278. The van der Waals surface area contributed by atoms with Crippen molar-refractivity contribution in [2.24, 2.45) is 0 Å². The number of piperidine rings is 1. The van der Waals surface area contributed by atoms with Crippen LogP contribution in [0.5, 0.6) is 0 Å². The largest absolute Gasteiger partial charge is 0.361 e. The Labute approximate surface area is 182 Å². The Morgan fingerprint density at radius 1 is 1.19 bits per heavy atom. The molecule has 164 valence electrons. The van der Waals surface area contributed by atoms with E-state index in [0.29, 0.717) is 40.8 Å². The summed E-state index contributed by atoms with van der Waals surface area (Å²) in [7, 11) is 2.37. The molecular weight excluding hydrogens is 414 g/mol.